The van der Waals surface area contributed by atoms with Crippen molar-refractivity contribution in [1.82, 2.24) is 9.97 Å². The lowest BCUT2D eigenvalue weighted by atomic mass is 10.0. The number of carbonyl (C=O) groups is 2. The topological polar surface area (TPSA) is 111 Å². The second-order valence-electron chi connectivity index (χ2n) is 8.45. The van der Waals surface area contributed by atoms with Crippen LogP contribution in [0.1, 0.15) is 27.0 Å². The van der Waals surface area contributed by atoms with Gasteiger partial charge >= 0.3 is 5.97 Å². The monoisotopic (exact) mass is 513 g/mol. The van der Waals surface area contributed by atoms with Gasteiger partial charge in [-0.25, -0.2) is 9.78 Å². The molecule has 5 rings (SSSR count). The zero-order chi connectivity index (χ0) is 25.9. The Balaban J connectivity index is 1.44. The average Bonchev–Trinajstić information content (AvgIpc) is 2.90. The van der Waals surface area contributed by atoms with Crippen LogP contribution in [0.3, 0.4) is 0 Å². The summed E-state index contributed by atoms with van der Waals surface area (Å²) in [5, 5.41) is 12.6. The summed E-state index contributed by atoms with van der Waals surface area (Å²) >= 11 is 1.28. The molecular formula is C28H23N3O5S. The molecule has 8 nitrogen and oxygen atoms in total. The lowest BCUT2D eigenvalue weighted by Gasteiger charge is -2.23. The second kappa shape index (κ2) is 10.3. The molecule has 1 aliphatic rings. The van der Waals surface area contributed by atoms with Crippen LogP contribution >= 0.6 is 11.8 Å². The summed E-state index contributed by atoms with van der Waals surface area (Å²) in [4.78, 5) is 33.5. The smallest absolute Gasteiger partial charge is 0.335 e. The van der Waals surface area contributed by atoms with Crippen molar-refractivity contribution in [2.75, 3.05) is 18.2 Å². The van der Waals surface area contributed by atoms with Crippen LogP contribution in [0.15, 0.2) is 71.8 Å². The number of hydrogen-bond acceptors (Lipinski definition) is 7. The summed E-state index contributed by atoms with van der Waals surface area (Å²) < 4.78 is 11.7. The number of amides is 1. The van der Waals surface area contributed by atoms with E-state index in [9.17, 15) is 14.7 Å². The maximum absolute atomic E-state index is 12.7. The number of aryl methyl sites for hydroxylation is 1. The number of para-hydroxylation sites is 1. The second-order valence-corrected chi connectivity index (χ2v) is 9.42. The van der Waals surface area contributed by atoms with Crippen LogP contribution < -0.4 is 14.8 Å². The number of methoxy groups -OCH3 is 1. The highest BCUT2D eigenvalue weighted by Crippen LogP contribution is 2.44. The summed E-state index contributed by atoms with van der Waals surface area (Å²) in [6, 6.07) is 19.7. The molecular weight excluding hydrogens is 490 g/mol. The van der Waals surface area contributed by atoms with Crippen molar-refractivity contribution in [2.45, 2.75) is 18.4 Å². The first-order chi connectivity index (χ1) is 17.9. The molecule has 0 radical (unpaired) electrons. The fourth-order valence-electron chi connectivity index (χ4n) is 3.96. The van der Waals surface area contributed by atoms with Crippen molar-refractivity contribution in [3.05, 3.63) is 89.0 Å². The number of carbonyl (C=O) groups excluding carboxylic acids is 1. The first-order valence-corrected chi connectivity index (χ1v) is 12.5. The van der Waals surface area contributed by atoms with Crippen LogP contribution in [0.5, 0.6) is 17.4 Å². The standard InChI is InChI=1S/C28H23N3O5S/c1-16-9-11-17(12-10-16)25-30-26-21(14-18-5-4-8-22(35-2)24(18)36-26)27(31-25)37-15-23(32)29-20-7-3-6-19(13-20)28(33)34/h3-13H,14-15H2,1-2H3,(H,29,32)(H,33,34). The van der Waals surface area contributed by atoms with Crippen LogP contribution in [-0.4, -0.2) is 39.8 Å². The highest BCUT2D eigenvalue weighted by atomic mass is 32.2. The molecule has 0 aliphatic carbocycles. The highest BCUT2D eigenvalue weighted by Gasteiger charge is 2.26. The molecule has 3 aromatic carbocycles. The lowest BCUT2D eigenvalue weighted by molar-refractivity contribution is -0.113. The van der Waals surface area contributed by atoms with E-state index in [-0.39, 0.29) is 17.2 Å². The van der Waals surface area contributed by atoms with Gasteiger partial charge in [-0.15, -0.1) is 0 Å². The molecule has 1 amide bonds. The highest BCUT2D eigenvalue weighted by molar-refractivity contribution is 8.00. The van der Waals surface area contributed by atoms with Crippen molar-refractivity contribution in [3.63, 3.8) is 0 Å². The van der Waals surface area contributed by atoms with Crippen molar-refractivity contribution in [3.8, 4) is 28.8 Å². The van der Waals surface area contributed by atoms with Gasteiger partial charge < -0.3 is 19.9 Å². The van der Waals surface area contributed by atoms with Crippen LogP contribution in [0, 0.1) is 6.92 Å². The van der Waals surface area contributed by atoms with Crippen LogP contribution in [0.25, 0.3) is 11.4 Å². The third-order valence-corrected chi connectivity index (χ3v) is 6.84. The quantitative estimate of drug-likeness (QED) is 0.214. The van der Waals surface area contributed by atoms with Gasteiger partial charge in [-0.1, -0.05) is 59.8 Å². The van der Waals surface area contributed by atoms with Gasteiger partial charge in [0.05, 0.1) is 24.0 Å². The Morgan fingerprint density at radius 1 is 1.08 bits per heavy atom. The Kier molecular flexibility index (Phi) is 6.78. The number of nitrogens with one attached hydrogen (secondary N) is 1. The molecule has 0 bridgehead atoms. The molecule has 1 aromatic heterocycles. The van der Waals surface area contributed by atoms with E-state index in [4.69, 9.17) is 19.4 Å². The predicted octanol–water partition coefficient (Wildman–Crippen LogP) is 5.59. The molecule has 0 fully saturated rings. The number of aromatic carboxylic acids is 1. The van der Waals surface area contributed by atoms with Gasteiger partial charge in [0.15, 0.2) is 17.3 Å². The minimum Gasteiger partial charge on any atom is -0.493 e. The lowest BCUT2D eigenvalue weighted by Crippen LogP contribution is -2.15. The van der Waals surface area contributed by atoms with Gasteiger partial charge in [-0.3, -0.25) is 4.79 Å². The molecule has 37 heavy (non-hydrogen) atoms. The molecule has 186 valence electrons. The molecule has 1 aliphatic heterocycles. The zero-order valence-corrected chi connectivity index (χ0v) is 21.0. The van der Waals surface area contributed by atoms with E-state index in [0.29, 0.717) is 40.3 Å². The third-order valence-electron chi connectivity index (χ3n) is 5.82. The van der Waals surface area contributed by atoms with E-state index in [1.807, 2.05) is 49.4 Å². The SMILES string of the molecule is COc1cccc2c1Oc1nc(-c3ccc(C)cc3)nc(SCC(=O)Nc3cccc(C(=O)O)c3)c1C2. The number of benzene rings is 3. The van der Waals surface area contributed by atoms with E-state index < -0.39 is 5.97 Å². The molecule has 2 N–H and O–H groups in total. The Bertz CT molecular complexity index is 1500. The number of carboxylic acid groups (broad SMARTS) is 1. The van der Waals surface area contributed by atoms with Crippen molar-refractivity contribution >= 4 is 29.3 Å². The molecule has 0 unspecified atom stereocenters. The van der Waals surface area contributed by atoms with Gasteiger partial charge in [0.2, 0.25) is 11.8 Å². The summed E-state index contributed by atoms with van der Waals surface area (Å²) in [5.41, 5.74) is 4.20. The van der Waals surface area contributed by atoms with Crippen molar-refractivity contribution < 1.29 is 24.2 Å². The molecule has 0 atom stereocenters. The van der Waals surface area contributed by atoms with E-state index in [1.54, 1.807) is 19.2 Å². The van der Waals surface area contributed by atoms with Gasteiger partial charge in [0, 0.05) is 23.2 Å². The zero-order valence-electron chi connectivity index (χ0n) is 20.1. The van der Waals surface area contributed by atoms with E-state index in [1.165, 1.54) is 23.9 Å². The number of nitrogens with zero attached hydrogens (tertiary/aromatic N) is 2. The predicted molar refractivity (Wildman–Crippen MR) is 141 cm³/mol. The average molecular weight is 514 g/mol. The summed E-state index contributed by atoms with van der Waals surface area (Å²) in [6.45, 7) is 2.01. The summed E-state index contributed by atoms with van der Waals surface area (Å²) in [5.74, 6) is 0.899. The number of rotatable bonds is 7. The number of thioether (sulfide) groups is 1. The maximum Gasteiger partial charge on any atom is 0.335 e. The molecule has 0 saturated heterocycles. The first-order valence-electron chi connectivity index (χ1n) is 11.5. The maximum atomic E-state index is 12.7. The Hall–Kier alpha value is -4.37. The molecule has 9 heteroatoms. The number of aromatic nitrogens is 2. The molecule has 2 heterocycles. The fourth-order valence-corrected chi connectivity index (χ4v) is 4.78. The van der Waals surface area contributed by atoms with Gasteiger partial charge in [0.1, 0.15) is 5.03 Å². The number of ether oxygens (including phenoxy) is 2. The van der Waals surface area contributed by atoms with Gasteiger partial charge in [-0.2, -0.15) is 4.98 Å². The molecule has 0 saturated carbocycles. The molecule has 0 spiro atoms. The van der Waals surface area contributed by atoms with Crippen LogP contribution in [-0.2, 0) is 11.2 Å². The van der Waals surface area contributed by atoms with Crippen LogP contribution in [0.4, 0.5) is 5.69 Å². The minimum atomic E-state index is -1.06. The summed E-state index contributed by atoms with van der Waals surface area (Å²) in [6.07, 6.45) is 0.528. The first kappa shape index (κ1) is 24.3. The van der Waals surface area contributed by atoms with Crippen LogP contribution in [0.2, 0.25) is 0 Å². The normalized spacial score (nSPS) is 11.6. The van der Waals surface area contributed by atoms with Gasteiger partial charge in [0.25, 0.3) is 0 Å². The fraction of sp³-hybridized carbons (Fsp3) is 0.143. The van der Waals surface area contributed by atoms with E-state index in [0.717, 1.165) is 22.3 Å². The van der Waals surface area contributed by atoms with Crippen molar-refractivity contribution in [2.24, 2.45) is 0 Å². The number of fused-ring (bicyclic) bond motifs is 2. The number of hydrogen-bond donors (Lipinski definition) is 2. The summed E-state index contributed by atoms with van der Waals surface area (Å²) in [7, 11) is 1.60. The Morgan fingerprint density at radius 3 is 2.62 bits per heavy atom. The number of carboxylic acids is 1. The number of anilines is 1. The minimum absolute atomic E-state index is 0.0685. The van der Waals surface area contributed by atoms with Crippen molar-refractivity contribution in [1.29, 1.82) is 0 Å². The van der Waals surface area contributed by atoms with E-state index in [2.05, 4.69) is 5.32 Å². The molecule has 4 aromatic rings. The van der Waals surface area contributed by atoms with Gasteiger partial charge in [-0.05, 0) is 31.2 Å². The largest absolute Gasteiger partial charge is 0.493 e. The third kappa shape index (κ3) is 5.26. The Morgan fingerprint density at radius 2 is 1.86 bits per heavy atom. The Labute approximate surface area is 217 Å². The van der Waals surface area contributed by atoms with E-state index >= 15 is 0 Å².